The van der Waals surface area contributed by atoms with Crippen LogP contribution >= 0.6 is 0 Å². The third kappa shape index (κ3) is 2.50. The quantitative estimate of drug-likeness (QED) is 0.791. The van der Waals surface area contributed by atoms with Crippen molar-refractivity contribution >= 4 is 5.82 Å². The lowest BCUT2D eigenvalue weighted by molar-refractivity contribution is 0.719. The third-order valence-corrected chi connectivity index (χ3v) is 2.63. The van der Waals surface area contributed by atoms with Crippen LogP contribution in [0.25, 0.3) is 0 Å². The van der Waals surface area contributed by atoms with E-state index in [4.69, 9.17) is 5.73 Å². The minimum Gasteiger partial charge on any atom is -0.360 e. The number of aromatic nitrogens is 2. The SMILES string of the molecule is CCCN(C)c1c(CCN)c(C)nn1C. The van der Waals surface area contributed by atoms with E-state index in [1.165, 1.54) is 11.4 Å². The normalized spacial score (nSPS) is 10.7. The van der Waals surface area contributed by atoms with Gasteiger partial charge in [-0.3, -0.25) is 4.68 Å². The summed E-state index contributed by atoms with van der Waals surface area (Å²) in [6.07, 6.45) is 2.05. The Kier molecular flexibility index (Phi) is 4.15. The number of nitrogens with two attached hydrogens (primary N) is 1. The van der Waals surface area contributed by atoms with Crippen LogP contribution in [0.15, 0.2) is 0 Å². The van der Waals surface area contributed by atoms with Crippen molar-refractivity contribution in [2.45, 2.75) is 26.7 Å². The molecule has 4 heteroatoms. The lowest BCUT2D eigenvalue weighted by Crippen LogP contribution is -2.22. The van der Waals surface area contributed by atoms with Crippen molar-refractivity contribution in [3.63, 3.8) is 0 Å². The molecule has 15 heavy (non-hydrogen) atoms. The summed E-state index contributed by atoms with van der Waals surface area (Å²) < 4.78 is 1.95. The van der Waals surface area contributed by atoms with Crippen LogP contribution < -0.4 is 10.6 Å². The first kappa shape index (κ1) is 12.0. The molecule has 0 unspecified atom stereocenters. The van der Waals surface area contributed by atoms with Gasteiger partial charge in [-0.25, -0.2) is 0 Å². The van der Waals surface area contributed by atoms with Gasteiger partial charge in [-0.2, -0.15) is 5.10 Å². The standard InChI is InChI=1S/C11H22N4/c1-5-8-14(3)11-10(6-7-12)9(2)13-15(11)4/h5-8,12H2,1-4H3. The van der Waals surface area contributed by atoms with Crippen molar-refractivity contribution in [1.82, 2.24) is 9.78 Å². The molecule has 2 N–H and O–H groups in total. The molecule has 0 spiro atoms. The Bertz CT molecular complexity index is 317. The summed E-state index contributed by atoms with van der Waals surface area (Å²) in [5.41, 5.74) is 8.01. The molecule has 0 bridgehead atoms. The van der Waals surface area contributed by atoms with Crippen LogP contribution in [0.3, 0.4) is 0 Å². The van der Waals surface area contributed by atoms with E-state index >= 15 is 0 Å². The number of hydrogen-bond donors (Lipinski definition) is 1. The molecule has 0 amide bonds. The van der Waals surface area contributed by atoms with Gasteiger partial charge < -0.3 is 10.6 Å². The first-order chi connectivity index (χ1) is 7.11. The molecule has 0 aliphatic rings. The van der Waals surface area contributed by atoms with Crippen LogP contribution in [0.2, 0.25) is 0 Å². The molecule has 0 aliphatic heterocycles. The highest BCUT2D eigenvalue weighted by atomic mass is 15.4. The Balaban J connectivity index is 3.02. The van der Waals surface area contributed by atoms with Gasteiger partial charge in [-0.1, -0.05) is 6.92 Å². The van der Waals surface area contributed by atoms with Crippen molar-refractivity contribution in [1.29, 1.82) is 0 Å². The van der Waals surface area contributed by atoms with Crippen LogP contribution in [-0.4, -0.2) is 29.9 Å². The van der Waals surface area contributed by atoms with Crippen LogP contribution in [0, 0.1) is 6.92 Å². The molecule has 4 nitrogen and oxygen atoms in total. The molecule has 0 saturated heterocycles. The van der Waals surface area contributed by atoms with Gasteiger partial charge in [0.1, 0.15) is 5.82 Å². The van der Waals surface area contributed by atoms with Crippen molar-refractivity contribution in [3.05, 3.63) is 11.3 Å². The summed E-state index contributed by atoms with van der Waals surface area (Å²) in [6.45, 7) is 5.96. The summed E-state index contributed by atoms with van der Waals surface area (Å²) >= 11 is 0. The van der Waals surface area contributed by atoms with Gasteiger partial charge in [0.05, 0.1) is 5.69 Å². The molecular weight excluding hydrogens is 188 g/mol. The van der Waals surface area contributed by atoms with E-state index in [0.717, 1.165) is 25.1 Å². The minimum atomic E-state index is 0.680. The van der Waals surface area contributed by atoms with Crippen molar-refractivity contribution in [2.24, 2.45) is 12.8 Å². The van der Waals surface area contributed by atoms with E-state index < -0.39 is 0 Å². The van der Waals surface area contributed by atoms with Crippen molar-refractivity contribution < 1.29 is 0 Å². The van der Waals surface area contributed by atoms with Gasteiger partial charge in [0.2, 0.25) is 0 Å². The molecule has 0 aromatic carbocycles. The van der Waals surface area contributed by atoms with E-state index in [1.807, 2.05) is 18.7 Å². The highest BCUT2D eigenvalue weighted by Crippen LogP contribution is 2.22. The lowest BCUT2D eigenvalue weighted by atomic mass is 10.1. The van der Waals surface area contributed by atoms with Gasteiger partial charge in [-0.15, -0.1) is 0 Å². The second kappa shape index (κ2) is 5.16. The maximum absolute atomic E-state index is 5.63. The zero-order valence-corrected chi connectivity index (χ0v) is 10.2. The van der Waals surface area contributed by atoms with Crippen LogP contribution in [0.4, 0.5) is 5.82 Å². The molecule has 0 saturated carbocycles. The van der Waals surface area contributed by atoms with E-state index in [0.29, 0.717) is 6.54 Å². The maximum Gasteiger partial charge on any atom is 0.129 e. The molecule has 0 atom stereocenters. The molecular formula is C11H22N4. The van der Waals surface area contributed by atoms with Gasteiger partial charge in [0.25, 0.3) is 0 Å². The average molecular weight is 210 g/mol. The number of rotatable bonds is 5. The predicted octanol–water partition coefficient (Wildman–Crippen LogP) is 1.08. The largest absolute Gasteiger partial charge is 0.360 e. The second-order valence-electron chi connectivity index (χ2n) is 3.97. The van der Waals surface area contributed by atoms with E-state index in [9.17, 15) is 0 Å². The minimum absolute atomic E-state index is 0.680. The Hall–Kier alpha value is -1.03. The van der Waals surface area contributed by atoms with E-state index in [-0.39, 0.29) is 0 Å². The summed E-state index contributed by atoms with van der Waals surface area (Å²) in [7, 11) is 4.11. The fraction of sp³-hybridized carbons (Fsp3) is 0.727. The monoisotopic (exact) mass is 210 g/mol. The fourth-order valence-electron chi connectivity index (χ4n) is 2.05. The first-order valence-corrected chi connectivity index (χ1v) is 5.55. The molecule has 1 heterocycles. The first-order valence-electron chi connectivity index (χ1n) is 5.55. The van der Waals surface area contributed by atoms with Crippen molar-refractivity contribution in [2.75, 3.05) is 25.0 Å². The molecule has 1 rings (SSSR count). The highest BCUT2D eigenvalue weighted by molar-refractivity contribution is 5.49. The summed E-state index contributed by atoms with van der Waals surface area (Å²) in [6, 6.07) is 0. The molecule has 0 aliphatic carbocycles. The number of anilines is 1. The van der Waals surface area contributed by atoms with Gasteiger partial charge in [-0.05, 0) is 26.3 Å². The molecule has 1 aromatic rings. The lowest BCUT2D eigenvalue weighted by Gasteiger charge is -2.20. The number of nitrogens with zero attached hydrogens (tertiary/aromatic N) is 3. The van der Waals surface area contributed by atoms with Gasteiger partial charge >= 0.3 is 0 Å². The topological polar surface area (TPSA) is 47.1 Å². The summed E-state index contributed by atoms with van der Waals surface area (Å²) in [5, 5.41) is 4.45. The van der Waals surface area contributed by atoms with Crippen LogP contribution in [0.1, 0.15) is 24.6 Å². The Morgan fingerprint density at radius 1 is 1.47 bits per heavy atom. The van der Waals surface area contributed by atoms with Crippen molar-refractivity contribution in [3.8, 4) is 0 Å². The zero-order valence-electron chi connectivity index (χ0n) is 10.2. The second-order valence-corrected chi connectivity index (χ2v) is 3.97. The molecule has 1 aromatic heterocycles. The van der Waals surface area contributed by atoms with E-state index in [2.05, 4.69) is 24.0 Å². The third-order valence-electron chi connectivity index (χ3n) is 2.63. The van der Waals surface area contributed by atoms with Gasteiger partial charge in [0, 0.05) is 26.2 Å². The summed E-state index contributed by atoms with van der Waals surface area (Å²) in [5.74, 6) is 1.21. The smallest absolute Gasteiger partial charge is 0.129 e. The summed E-state index contributed by atoms with van der Waals surface area (Å²) in [4.78, 5) is 2.25. The highest BCUT2D eigenvalue weighted by Gasteiger charge is 2.15. The van der Waals surface area contributed by atoms with Crippen LogP contribution in [-0.2, 0) is 13.5 Å². The van der Waals surface area contributed by atoms with E-state index in [1.54, 1.807) is 0 Å². The fourth-order valence-corrected chi connectivity index (χ4v) is 2.05. The zero-order chi connectivity index (χ0) is 11.4. The maximum atomic E-state index is 5.63. The Morgan fingerprint density at radius 2 is 2.13 bits per heavy atom. The molecule has 0 radical (unpaired) electrons. The number of hydrogen-bond acceptors (Lipinski definition) is 3. The molecule has 0 fully saturated rings. The Labute approximate surface area is 92.1 Å². The molecule has 86 valence electrons. The Morgan fingerprint density at radius 3 is 2.67 bits per heavy atom. The predicted molar refractivity (Wildman–Crippen MR) is 64.3 cm³/mol. The van der Waals surface area contributed by atoms with Crippen LogP contribution in [0.5, 0.6) is 0 Å². The number of aryl methyl sites for hydroxylation is 2. The average Bonchev–Trinajstić information content (AvgIpc) is 2.43. The van der Waals surface area contributed by atoms with Gasteiger partial charge in [0.15, 0.2) is 0 Å².